The van der Waals surface area contributed by atoms with Crippen molar-refractivity contribution in [2.75, 3.05) is 27.8 Å². The van der Waals surface area contributed by atoms with Gasteiger partial charge in [-0.2, -0.15) is 0 Å². The Bertz CT molecular complexity index is 685. The van der Waals surface area contributed by atoms with E-state index in [2.05, 4.69) is 26.0 Å². The highest BCUT2D eigenvalue weighted by Gasteiger charge is 2.09. The molecule has 0 spiro atoms. The Morgan fingerprint density at radius 2 is 2.08 bits per heavy atom. The average Bonchev–Trinajstić information content (AvgIpc) is 3.02. The molecule has 0 unspecified atom stereocenters. The molecule has 0 amide bonds. The molecule has 1 heterocycles. The molecule has 0 saturated carbocycles. The number of guanidine groups is 1. The van der Waals surface area contributed by atoms with Gasteiger partial charge in [0.25, 0.3) is 0 Å². The van der Waals surface area contributed by atoms with Crippen LogP contribution in [-0.4, -0.2) is 38.8 Å². The van der Waals surface area contributed by atoms with Crippen molar-refractivity contribution in [1.82, 2.24) is 15.6 Å². The van der Waals surface area contributed by atoms with Crippen LogP contribution in [0.25, 0.3) is 0 Å². The van der Waals surface area contributed by atoms with Crippen molar-refractivity contribution >= 4 is 17.3 Å². The number of hydrogen-bond acceptors (Lipinski definition) is 5. The summed E-state index contributed by atoms with van der Waals surface area (Å²) in [6.07, 6.45) is 0.869. The highest BCUT2D eigenvalue weighted by molar-refractivity contribution is 7.09. The largest absolute Gasteiger partial charge is 0.493 e. The number of aliphatic imine (C=N–C) groups is 1. The number of hydrogen-bond donors (Lipinski definition) is 2. The summed E-state index contributed by atoms with van der Waals surface area (Å²) >= 11 is 1.67. The van der Waals surface area contributed by atoms with Crippen LogP contribution >= 0.6 is 11.3 Å². The quantitative estimate of drug-likeness (QED) is 0.594. The monoisotopic (exact) mass is 348 g/mol. The molecule has 0 radical (unpaired) electrons. The van der Waals surface area contributed by atoms with E-state index < -0.39 is 0 Å². The number of para-hydroxylation sites is 1. The van der Waals surface area contributed by atoms with Crippen LogP contribution in [0.5, 0.6) is 11.5 Å². The van der Waals surface area contributed by atoms with E-state index in [4.69, 9.17) is 9.47 Å². The van der Waals surface area contributed by atoms with Gasteiger partial charge in [0.05, 0.1) is 24.9 Å². The first kappa shape index (κ1) is 18.1. The van der Waals surface area contributed by atoms with E-state index in [-0.39, 0.29) is 0 Å². The number of ether oxygens (including phenoxy) is 2. The summed E-state index contributed by atoms with van der Waals surface area (Å²) in [5.41, 5.74) is 2.12. The molecule has 6 nitrogen and oxygen atoms in total. The number of methoxy groups -OCH3 is 2. The molecule has 130 valence electrons. The zero-order valence-corrected chi connectivity index (χ0v) is 15.4. The van der Waals surface area contributed by atoms with Gasteiger partial charge in [-0.15, -0.1) is 11.3 Å². The van der Waals surface area contributed by atoms with Crippen molar-refractivity contribution in [3.8, 4) is 11.5 Å². The molecule has 0 aliphatic rings. The first-order chi connectivity index (χ1) is 11.7. The summed E-state index contributed by atoms with van der Waals surface area (Å²) in [7, 11) is 5.03. The highest BCUT2D eigenvalue weighted by Crippen LogP contribution is 2.30. The molecule has 0 aliphatic heterocycles. The van der Waals surface area contributed by atoms with Gasteiger partial charge >= 0.3 is 0 Å². The fraction of sp³-hybridized carbons (Fsp3) is 0.412. The van der Waals surface area contributed by atoms with Gasteiger partial charge in [-0.25, -0.2) is 4.98 Å². The third-order valence-corrected chi connectivity index (χ3v) is 4.32. The van der Waals surface area contributed by atoms with Gasteiger partial charge in [0.2, 0.25) is 0 Å². The molecule has 2 rings (SSSR count). The first-order valence-corrected chi connectivity index (χ1v) is 8.61. The van der Waals surface area contributed by atoms with Gasteiger partial charge < -0.3 is 20.1 Å². The van der Waals surface area contributed by atoms with E-state index in [0.717, 1.165) is 46.7 Å². The van der Waals surface area contributed by atoms with Crippen LogP contribution in [-0.2, 0) is 13.0 Å². The van der Waals surface area contributed by atoms with Gasteiger partial charge in [0.15, 0.2) is 17.5 Å². The van der Waals surface area contributed by atoms with Crippen molar-refractivity contribution in [2.24, 2.45) is 4.99 Å². The van der Waals surface area contributed by atoms with E-state index in [9.17, 15) is 0 Å². The SMILES string of the molecule is CN=C(NCCc1csc(C)n1)NCc1cccc(OC)c1OC. The Kier molecular flexibility index (Phi) is 6.87. The summed E-state index contributed by atoms with van der Waals surface area (Å²) in [5, 5.41) is 9.77. The van der Waals surface area contributed by atoms with Crippen LogP contribution in [0.3, 0.4) is 0 Å². The van der Waals surface area contributed by atoms with Crippen LogP contribution in [0.2, 0.25) is 0 Å². The molecular formula is C17H24N4O2S. The number of nitrogens with zero attached hydrogens (tertiary/aromatic N) is 2. The van der Waals surface area contributed by atoms with E-state index in [0.29, 0.717) is 6.54 Å². The molecule has 1 aromatic carbocycles. The number of rotatable bonds is 7. The van der Waals surface area contributed by atoms with Crippen molar-refractivity contribution in [2.45, 2.75) is 19.9 Å². The van der Waals surface area contributed by atoms with Gasteiger partial charge in [0.1, 0.15) is 0 Å². The normalized spacial score (nSPS) is 11.2. The topological polar surface area (TPSA) is 67.8 Å². The Morgan fingerprint density at radius 3 is 2.71 bits per heavy atom. The maximum absolute atomic E-state index is 5.44. The number of nitrogens with one attached hydrogen (secondary N) is 2. The number of benzene rings is 1. The lowest BCUT2D eigenvalue weighted by molar-refractivity contribution is 0.351. The molecule has 7 heteroatoms. The minimum atomic E-state index is 0.593. The maximum atomic E-state index is 5.44. The Hall–Kier alpha value is -2.28. The average molecular weight is 348 g/mol. The third kappa shape index (κ3) is 4.86. The second kappa shape index (κ2) is 9.12. The minimum Gasteiger partial charge on any atom is -0.493 e. The van der Waals surface area contributed by atoms with Gasteiger partial charge in [0, 0.05) is 37.5 Å². The predicted octanol–water partition coefficient (Wildman–Crippen LogP) is 2.38. The van der Waals surface area contributed by atoms with E-state index >= 15 is 0 Å². The third-order valence-electron chi connectivity index (χ3n) is 3.49. The number of aryl methyl sites for hydroxylation is 1. The first-order valence-electron chi connectivity index (χ1n) is 7.73. The Morgan fingerprint density at radius 1 is 1.25 bits per heavy atom. The van der Waals surface area contributed by atoms with Crippen molar-refractivity contribution < 1.29 is 9.47 Å². The molecule has 0 atom stereocenters. The molecule has 1 aromatic heterocycles. The lowest BCUT2D eigenvalue weighted by Gasteiger charge is -2.15. The van der Waals surface area contributed by atoms with Gasteiger partial charge in [-0.05, 0) is 13.0 Å². The van der Waals surface area contributed by atoms with Crippen LogP contribution in [0, 0.1) is 6.92 Å². The molecule has 0 bridgehead atoms. The summed E-state index contributed by atoms with van der Waals surface area (Å²) in [5.74, 6) is 2.20. The summed E-state index contributed by atoms with van der Waals surface area (Å²) in [6.45, 7) is 3.39. The maximum Gasteiger partial charge on any atom is 0.191 e. The molecule has 2 aromatic rings. The van der Waals surface area contributed by atoms with Crippen LogP contribution < -0.4 is 20.1 Å². The van der Waals surface area contributed by atoms with Crippen LogP contribution in [0.15, 0.2) is 28.6 Å². The van der Waals surface area contributed by atoms with E-state index in [1.165, 1.54) is 0 Å². The summed E-state index contributed by atoms with van der Waals surface area (Å²) < 4.78 is 10.8. The molecule has 0 saturated heterocycles. The summed E-state index contributed by atoms with van der Waals surface area (Å²) in [4.78, 5) is 8.70. The zero-order valence-electron chi connectivity index (χ0n) is 14.5. The van der Waals surface area contributed by atoms with Gasteiger partial charge in [-0.3, -0.25) is 4.99 Å². The van der Waals surface area contributed by atoms with Crippen LogP contribution in [0.4, 0.5) is 0 Å². The second-order valence-corrected chi connectivity index (χ2v) is 6.18. The fourth-order valence-corrected chi connectivity index (χ4v) is 2.97. The number of thiazole rings is 1. The van der Waals surface area contributed by atoms with Gasteiger partial charge in [-0.1, -0.05) is 12.1 Å². The standard InChI is InChI=1S/C17H24N4O2S/c1-12-21-14(11-24-12)8-9-19-17(18-2)20-10-13-6-5-7-15(22-3)16(13)23-4/h5-7,11H,8-10H2,1-4H3,(H2,18,19,20). The van der Waals surface area contributed by atoms with E-state index in [1.807, 2.05) is 25.1 Å². The molecular weight excluding hydrogens is 324 g/mol. The van der Waals surface area contributed by atoms with Crippen molar-refractivity contribution in [3.05, 3.63) is 39.8 Å². The molecule has 24 heavy (non-hydrogen) atoms. The summed E-state index contributed by atoms with van der Waals surface area (Å²) in [6, 6.07) is 5.82. The van der Waals surface area contributed by atoms with Crippen LogP contribution in [0.1, 0.15) is 16.3 Å². The lowest BCUT2D eigenvalue weighted by Crippen LogP contribution is -2.38. The predicted molar refractivity (Wildman–Crippen MR) is 98.3 cm³/mol. The molecule has 0 fully saturated rings. The van der Waals surface area contributed by atoms with E-state index in [1.54, 1.807) is 32.6 Å². The fourth-order valence-electron chi connectivity index (χ4n) is 2.32. The number of aromatic nitrogens is 1. The molecule has 0 aliphatic carbocycles. The van der Waals surface area contributed by atoms with Crippen molar-refractivity contribution in [1.29, 1.82) is 0 Å². The Labute approximate surface area is 146 Å². The Balaban J connectivity index is 1.87. The van der Waals surface area contributed by atoms with Crippen molar-refractivity contribution in [3.63, 3.8) is 0 Å². The highest BCUT2D eigenvalue weighted by atomic mass is 32.1. The second-order valence-electron chi connectivity index (χ2n) is 5.11. The molecule has 2 N–H and O–H groups in total. The minimum absolute atomic E-state index is 0.593. The smallest absolute Gasteiger partial charge is 0.191 e. The zero-order chi connectivity index (χ0) is 17.4. The lowest BCUT2D eigenvalue weighted by atomic mass is 10.2.